The van der Waals surface area contributed by atoms with Crippen LogP contribution in [-0.2, 0) is 14.9 Å². The van der Waals surface area contributed by atoms with Crippen LogP contribution >= 0.6 is 0 Å². The molecule has 0 atom stereocenters. The van der Waals surface area contributed by atoms with E-state index in [0.29, 0.717) is 19.0 Å². The third-order valence-corrected chi connectivity index (χ3v) is 3.85. The Labute approximate surface area is 125 Å². The van der Waals surface area contributed by atoms with Gasteiger partial charge in [-0.25, -0.2) is 0 Å². The van der Waals surface area contributed by atoms with Gasteiger partial charge in [-0.15, -0.1) is 0 Å². The van der Waals surface area contributed by atoms with Crippen molar-refractivity contribution >= 4 is 11.7 Å². The van der Waals surface area contributed by atoms with Gasteiger partial charge >= 0.3 is 0 Å². The largest absolute Gasteiger partial charge is 0.379 e. The second-order valence-electron chi connectivity index (χ2n) is 6.94. The number of morpholine rings is 1. The molecule has 1 aromatic heterocycles. The van der Waals surface area contributed by atoms with Crippen molar-refractivity contribution in [3.8, 4) is 0 Å². The highest BCUT2D eigenvalue weighted by Crippen LogP contribution is 2.25. The molecule has 1 saturated heterocycles. The standard InChI is InChI=1S/C15H25N3O3/c1-14(2,3)11-10-12(17-21-11)16-13(19)15(4,5)18-6-8-20-9-7-18/h10H,6-9H2,1-5H3,(H,16,17,19). The van der Waals surface area contributed by atoms with E-state index in [0.717, 1.165) is 18.8 Å². The topological polar surface area (TPSA) is 67.6 Å². The van der Waals surface area contributed by atoms with Crippen LogP contribution in [0.3, 0.4) is 0 Å². The molecule has 1 fully saturated rings. The van der Waals surface area contributed by atoms with Crippen molar-refractivity contribution in [2.45, 2.75) is 45.6 Å². The summed E-state index contributed by atoms with van der Waals surface area (Å²) in [4.78, 5) is 14.6. The van der Waals surface area contributed by atoms with E-state index in [4.69, 9.17) is 9.26 Å². The molecule has 1 aliphatic heterocycles. The van der Waals surface area contributed by atoms with E-state index < -0.39 is 5.54 Å². The summed E-state index contributed by atoms with van der Waals surface area (Å²) in [7, 11) is 0. The first kappa shape index (κ1) is 16.0. The average Bonchev–Trinajstić information content (AvgIpc) is 2.88. The first-order chi connectivity index (χ1) is 9.71. The molecule has 1 aliphatic rings. The van der Waals surface area contributed by atoms with Gasteiger partial charge in [-0.3, -0.25) is 9.69 Å². The maximum atomic E-state index is 12.5. The highest BCUT2D eigenvalue weighted by Gasteiger charge is 2.36. The summed E-state index contributed by atoms with van der Waals surface area (Å²) in [6.45, 7) is 12.8. The zero-order valence-corrected chi connectivity index (χ0v) is 13.5. The van der Waals surface area contributed by atoms with Crippen LogP contribution in [0.25, 0.3) is 0 Å². The molecule has 0 aliphatic carbocycles. The van der Waals surface area contributed by atoms with Crippen molar-refractivity contribution in [1.82, 2.24) is 10.1 Å². The fourth-order valence-corrected chi connectivity index (χ4v) is 2.22. The molecule has 0 unspecified atom stereocenters. The van der Waals surface area contributed by atoms with Crippen molar-refractivity contribution in [3.05, 3.63) is 11.8 Å². The first-order valence-corrected chi connectivity index (χ1v) is 7.33. The molecule has 0 bridgehead atoms. The Balaban J connectivity index is 2.04. The number of ether oxygens (including phenoxy) is 1. The van der Waals surface area contributed by atoms with Crippen LogP contribution in [0, 0.1) is 0 Å². The average molecular weight is 295 g/mol. The number of nitrogens with one attached hydrogen (secondary N) is 1. The van der Waals surface area contributed by atoms with Gasteiger partial charge in [0.25, 0.3) is 0 Å². The maximum absolute atomic E-state index is 12.5. The SMILES string of the molecule is CC(C)(C)c1cc(NC(=O)C(C)(C)N2CCOCC2)no1. The molecule has 21 heavy (non-hydrogen) atoms. The maximum Gasteiger partial charge on any atom is 0.245 e. The lowest BCUT2D eigenvalue weighted by Crippen LogP contribution is -2.56. The van der Waals surface area contributed by atoms with Crippen molar-refractivity contribution < 1.29 is 14.1 Å². The van der Waals surface area contributed by atoms with E-state index in [1.54, 1.807) is 6.07 Å². The molecular formula is C15H25N3O3. The van der Waals surface area contributed by atoms with Gasteiger partial charge < -0.3 is 14.6 Å². The summed E-state index contributed by atoms with van der Waals surface area (Å²) in [5, 5.41) is 6.78. The first-order valence-electron chi connectivity index (χ1n) is 7.33. The van der Waals surface area contributed by atoms with Crippen molar-refractivity contribution in [2.75, 3.05) is 31.6 Å². The molecule has 6 heteroatoms. The van der Waals surface area contributed by atoms with Crippen LogP contribution in [0.2, 0.25) is 0 Å². The number of aromatic nitrogens is 1. The van der Waals surface area contributed by atoms with Crippen molar-refractivity contribution in [3.63, 3.8) is 0 Å². The number of carbonyl (C=O) groups is 1. The van der Waals surface area contributed by atoms with E-state index in [1.165, 1.54) is 0 Å². The van der Waals surface area contributed by atoms with Gasteiger partial charge in [-0.2, -0.15) is 0 Å². The summed E-state index contributed by atoms with van der Waals surface area (Å²) >= 11 is 0. The third kappa shape index (κ3) is 3.63. The van der Waals surface area contributed by atoms with Gasteiger partial charge in [0.15, 0.2) is 5.82 Å². The monoisotopic (exact) mass is 295 g/mol. The van der Waals surface area contributed by atoms with Gasteiger partial charge in [0.1, 0.15) is 5.76 Å². The lowest BCUT2D eigenvalue weighted by atomic mass is 9.93. The zero-order valence-electron chi connectivity index (χ0n) is 13.5. The van der Waals surface area contributed by atoms with Gasteiger partial charge in [0.05, 0.1) is 18.8 Å². The van der Waals surface area contributed by atoms with E-state index in [9.17, 15) is 4.79 Å². The van der Waals surface area contributed by atoms with Crippen molar-refractivity contribution in [1.29, 1.82) is 0 Å². The molecular weight excluding hydrogens is 270 g/mol. The predicted octanol–water partition coefficient (Wildman–Crippen LogP) is 2.02. The zero-order chi connectivity index (χ0) is 15.7. The Hall–Kier alpha value is -1.40. The fraction of sp³-hybridized carbons (Fsp3) is 0.733. The number of rotatable bonds is 3. The molecule has 2 rings (SSSR count). The molecule has 1 N–H and O–H groups in total. The summed E-state index contributed by atoms with van der Waals surface area (Å²) in [6, 6.07) is 1.79. The summed E-state index contributed by atoms with van der Waals surface area (Å²) in [5.41, 5.74) is -0.736. The number of carbonyl (C=O) groups excluding carboxylic acids is 1. The summed E-state index contributed by atoms with van der Waals surface area (Å²) in [6.07, 6.45) is 0. The molecule has 0 spiro atoms. The molecule has 1 amide bonds. The van der Waals surface area contributed by atoms with Crippen LogP contribution in [0.4, 0.5) is 5.82 Å². The van der Waals surface area contributed by atoms with Crippen molar-refractivity contribution in [2.24, 2.45) is 0 Å². The minimum Gasteiger partial charge on any atom is -0.379 e. The van der Waals surface area contributed by atoms with E-state index >= 15 is 0 Å². The molecule has 1 aromatic rings. The number of anilines is 1. The number of amides is 1. The normalized spacial score (nSPS) is 17.8. The minimum absolute atomic E-state index is 0.0850. The second kappa shape index (κ2) is 5.77. The smallest absolute Gasteiger partial charge is 0.245 e. The van der Waals surface area contributed by atoms with Gasteiger partial charge in [-0.1, -0.05) is 25.9 Å². The van der Waals surface area contributed by atoms with Gasteiger partial charge in [-0.05, 0) is 13.8 Å². The Morgan fingerprint density at radius 2 is 1.86 bits per heavy atom. The Morgan fingerprint density at radius 3 is 2.38 bits per heavy atom. The van der Waals surface area contributed by atoms with Gasteiger partial charge in [0.2, 0.25) is 5.91 Å². The highest BCUT2D eigenvalue weighted by atomic mass is 16.5. The van der Waals surface area contributed by atoms with Crippen LogP contribution in [0.15, 0.2) is 10.6 Å². The quantitative estimate of drug-likeness (QED) is 0.924. The molecule has 6 nitrogen and oxygen atoms in total. The molecule has 0 radical (unpaired) electrons. The Bertz CT molecular complexity index is 497. The molecule has 2 heterocycles. The van der Waals surface area contributed by atoms with Gasteiger partial charge in [0, 0.05) is 24.6 Å². The third-order valence-electron chi connectivity index (χ3n) is 3.85. The molecule has 118 valence electrons. The van der Waals surface area contributed by atoms with E-state index in [1.807, 2.05) is 34.6 Å². The predicted molar refractivity (Wildman–Crippen MR) is 80.3 cm³/mol. The van der Waals surface area contributed by atoms with E-state index in [-0.39, 0.29) is 11.3 Å². The van der Waals surface area contributed by atoms with Crippen LogP contribution in [0.5, 0.6) is 0 Å². The number of hydrogen-bond acceptors (Lipinski definition) is 5. The Morgan fingerprint density at radius 1 is 1.24 bits per heavy atom. The number of nitrogens with zero attached hydrogens (tertiary/aromatic N) is 2. The van der Waals surface area contributed by atoms with E-state index in [2.05, 4.69) is 15.4 Å². The summed E-state index contributed by atoms with van der Waals surface area (Å²) < 4.78 is 10.6. The fourth-order valence-electron chi connectivity index (χ4n) is 2.22. The minimum atomic E-state index is -0.607. The highest BCUT2D eigenvalue weighted by molar-refractivity contribution is 5.96. The Kier molecular flexibility index (Phi) is 4.39. The van der Waals surface area contributed by atoms with Crippen LogP contribution < -0.4 is 5.32 Å². The lowest BCUT2D eigenvalue weighted by Gasteiger charge is -2.39. The molecule has 0 aromatic carbocycles. The second-order valence-corrected chi connectivity index (χ2v) is 6.94. The van der Waals surface area contributed by atoms with Crippen LogP contribution in [0.1, 0.15) is 40.4 Å². The lowest BCUT2D eigenvalue weighted by molar-refractivity contribution is -0.129. The summed E-state index contributed by atoms with van der Waals surface area (Å²) in [5.74, 6) is 1.13. The molecule has 0 saturated carbocycles. The number of hydrogen-bond donors (Lipinski definition) is 1. The van der Waals surface area contributed by atoms with Crippen LogP contribution in [-0.4, -0.2) is 47.8 Å².